The Hall–Kier alpha value is -3.64. The van der Waals surface area contributed by atoms with Gasteiger partial charge in [-0.05, 0) is 48.5 Å². The summed E-state index contributed by atoms with van der Waals surface area (Å²) in [4.78, 5) is 17.1. The number of amides is 1. The number of phenolic OH excluding ortho intramolecular Hbond substituents is 1. The summed E-state index contributed by atoms with van der Waals surface area (Å²) in [5, 5.41) is 17.3. The Bertz CT molecular complexity index is 1110. The maximum Gasteiger partial charge on any atom is 0.295 e. The van der Waals surface area contributed by atoms with Crippen LogP contribution in [0.5, 0.6) is 5.75 Å². The number of phenols is 1. The molecule has 4 aromatic rings. The van der Waals surface area contributed by atoms with Crippen LogP contribution in [0.3, 0.4) is 0 Å². The third kappa shape index (κ3) is 3.72. The van der Waals surface area contributed by atoms with E-state index in [4.69, 9.17) is 11.6 Å². The van der Waals surface area contributed by atoms with Crippen molar-refractivity contribution in [2.24, 2.45) is 0 Å². The second-order valence-electron chi connectivity index (χ2n) is 6.01. The van der Waals surface area contributed by atoms with Crippen LogP contribution in [0.1, 0.15) is 10.6 Å². The van der Waals surface area contributed by atoms with E-state index < -0.39 is 5.91 Å². The van der Waals surface area contributed by atoms with E-state index >= 15 is 0 Å². The molecule has 0 unspecified atom stereocenters. The number of anilines is 1. The average molecular weight is 391 g/mol. The summed E-state index contributed by atoms with van der Waals surface area (Å²) in [6.45, 7) is 0. The van der Waals surface area contributed by atoms with Gasteiger partial charge in [0.2, 0.25) is 5.82 Å². The van der Waals surface area contributed by atoms with E-state index in [1.165, 1.54) is 0 Å². The van der Waals surface area contributed by atoms with Crippen LogP contribution in [-0.4, -0.2) is 25.8 Å². The molecule has 0 fully saturated rings. The molecule has 0 aliphatic heterocycles. The van der Waals surface area contributed by atoms with Crippen LogP contribution < -0.4 is 5.32 Å². The molecule has 0 spiro atoms. The normalized spacial score (nSPS) is 10.6. The monoisotopic (exact) mass is 390 g/mol. The molecule has 0 atom stereocenters. The first-order valence-corrected chi connectivity index (χ1v) is 8.87. The van der Waals surface area contributed by atoms with Crippen molar-refractivity contribution >= 4 is 23.2 Å². The topological polar surface area (TPSA) is 80.0 Å². The molecule has 7 heteroatoms. The van der Waals surface area contributed by atoms with Crippen molar-refractivity contribution in [3.8, 4) is 22.8 Å². The number of carbonyl (C=O) groups is 1. The molecular formula is C21H15ClN4O2. The van der Waals surface area contributed by atoms with E-state index in [0.717, 1.165) is 5.56 Å². The third-order valence-corrected chi connectivity index (χ3v) is 4.29. The van der Waals surface area contributed by atoms with Gasteiger partial charge in [0.05, 0.1) is 5.69 Å². The highest BCUT2D eigenvalue weighted by Gasteiger charge is 2.19. The molecule has 138 valence electrons. The molecule has 0 aliphatic rings. The zero-order chi connectivity index (χ0) is 19.5. The van der Waals surface area contributed by atoms with Crippen LogP contribution in [0.15, 0.2) is 78.9 Å². The minimum Gasteiger partial charge on any atom is -0.508 e. The van der Waals surface area contributed by atoms with Crippen LogP contribution in [0, 0.1) is 0 Å². The molecule has 0 bridgehead atoms. The molecule has 1 amide bonds. The molecule has 0 radical (unpaired) electrons. The SMILES string of the molecule is O=C(Nc1ccc(Cl)cc1)c1nc(-c2ccccc2)n(-c2ccc(O)cc2)n1. The Morgan fingerprint density at radius 2 is 1.61 bits per heavy atom. The van der Waals surface area contributed by atoms with Crippen LogP contribution >= 0.6 is 11.6 Å². The van der Waals surface area contributed by atoms with Crippen molar-refractivity contribution in [1.29, 1.82) is 0 Å². The Morgan fingerprint density at radius 3 is 2.29 bits per heavy atom. The molecule has 0 saturated heterocycles. The van der Waals surface area contributed by atoms with Crippen molar-refractivity contribution in [3.63, 3.8) is 0 Å². The molecule has 0 saturated carbocycles. The Balaban J connectivity index is 1.73. The molecule has 28 heavy (non-hydrogen) atoms. The summed E-state index contributed by atoms with van der Waals surface area (Å²) in [6, 6.07) is 22.8. The summed E-state index contributed by atoms with van der Waals surface area (Å²) in [6.07, 6.45) is 0. The van der Waals surface area contributed by atoms with Gasteiger partial charge >= 0.3 is 0 Å². The van der Waals surface area contributed by atoms with Gasteiger partial charge in [0.1, 0.15) is 5.75 Å². The van der Waals surface area contributed by atoms with Gasteiger partial charge in [-0.2, -0.15) is 0 Å². The van der Waals surface area contributed by atoms with E-state index in [9.17, 15) is 9.90 Å². The Kier molecular flexibility index (Phi) is 4.78. The molecular weight excluding hydrogens is 376 g/mol. The zero-order valence-corrected chi connectivity index (χ0v) is 15.3. The van der Waals surface area contributed by atoms with Crippen molar-refractivity contribution in [1.82, 2.24) is 14.8 Å². The lowest BCUT2D eigenvalue weighted by atomic mass is 10.2. The van der Waals surface area contributed by atoms with E-state index in [0.29, 0.717) is 22.2 Å². The van der Waals surface area contributed by atoms with Gasteiger partial charge < -0.3 is 10.4 Å². The molecule has 3 aromatic carbocycles. The molecule has 1 heterocycles. The number of nitrogens with zero attached hydrogens (tertiary/aromatic N) is 3. The largest absolute Gasteiger partial charge is 0.508 e. The van der Waals surface area contributed by atoms with E-state index in [1.54, 1.807) is 53.2 Å². The fourth-order valence-electron chi connectivity index (χ4n) is 2.68. The van der Waals surface area contributed by atoms with Crippen LogP contribution in [-0.2, 0) is 0 Å². The molecule has 4 rings (SSSR count). The maximum atomic E-state index is 12.7. The first-order chi connectivity index (χ1) is 13.6. The maximum absolute atomic E-state index is 12.7. The highest BCUT2D eigenvalue weighted by atomic mass is 35.5. The number of aromatic nitrogens is 3. The second kappa shape index (κ2) is 7.54. The fourth-order valence-corrected chi connectivity index (χ4v) is 2.80. The predicted octanol–water partition coefficient (Wildman–Crippen LogP) is 4.55. The van der Waals surface area contributed by atoms with Gasteiger partial charge in [0.25, 0.3) is 5.91 Å². The van der Waals surface area contributed by atoms with Gasteiger partial charge in [-0.1, -0.05) is 41.9 Å². The molecule has 1 aromatic heterocycles. The Labute approximate surface area is 166 Å². The van der Waals surface area contributed by atoms with E-state index in [-0.39, 0.29) is 11.6 Å². The summed E-state index contributed by atoms with van der Waals surface area (Å²) in [5.74, 6) is 0.261. The number of carbonyl (C=O) groups excluding carboxylic acids is 1. The van der Waals surface area contributed by atoms with Crippen molar-refractivity contribution in [2.45, 2.75) is 0 Å². The van der Waals surface area contributed by atoms with Gasteiger partial charge in [-0.25, -0.2) is 9.67 Å². The lowest BCUT2D eigenvalue weighted by Crippen LogP contribution is -2.14. The van der Waals surface area contributed by atoms with Crippen molar-refractivity contribution in [2.75, 3.05) is 5.32 Å². The Morgan fingerprint density at radius 1 is 0.929 bits per heavy atom. The molecule has 6 nitrogen and oxygen atoms in total. The zero-order valence-electron chi connectivity index (χ0n) is 14.6. The van der Waals surface area contributed by atoms with Gasteiger partial charge in [-0.15, -0.1) is 5.10 Å². The van der Waals surface area contributed by atoms with Gasteiger partial charge in [-0.3, -0.25) is 4.79 Å². The summed E-state index contributed by atoms with van der Waals surface area (Å²) < 4.78 is 1.57. The number of nitrogens with one attached hydrogen (secondary N) is 1. The first kappa shape index (κ1) is 17.8. The number of halogens is 1. The summed E-state index contributed by atoms with van der Waals surface area (Å²) >= 11 is 5.88. The van der Waals surface area contributed by atoms with Crippen LogP contribution in [0.25, 0.3) is 17.1 Å². The summed E-state index contributed by atoms with van der Waals surface area (Å²) in [5.41, 5.74) is 2.08. The fraction of sp³-hybridized carbons (Fsp3) is 0. The number of hydrogen-bond donors (Lipinski definition) is 2. The lowest BCUT2D eigenvalue weighted by Gasteiger charge is -2.05. The van der Waals surface area contributed by atoms with E-state index in [2.05, 4.69) is 15.4 Å². The van der Waals surface area contributed by atoms with Crippen LogP contribution in [0.4, 0.5) is 5.69 Å². The third-order valence-electron chi connectivity index (χ3n) is 4.04. The average Bonchev–Trinajstić information content (AvgIpc) is 3.16. The smallest absolute Gasteiger partial charge is 0.295 e. The number of hydrogen-bond acceptors (Lipinski definition) is 4. The highest BCUT2D eigenvalue weighted by molar-refractivity contribution is 6.30. The van der Waals surface area contributed by atoms with E-state index in [1.807, 2.05) is 30.3 Å². The summed E-state index contributed by atoms with van der Waals surface area (Å²) in [7, 11) is 0. The number of rotatable bonds is 4. The molecule has 2 N–H and O–H groups in total. The van der Waals surface area contributed by atoms with Crippen LogP contribution in [0.2, 0.25) is 5.02 Å². The van der Waals surface area contributed by atoms with Crippen molar-refractivity contribution < 1.29 is 9.90 Å². The number of benzene rings is 3. The predicted molar refractivity (Wildman–Crippen MR) is 108 cm³/mol. The number of aromatic hydroxyl groups is 1. The first-order valence-electron chi connectivity index (χ1n) is 8.49. The second-order valence-corrected chi connectivity index (χ2v) is 6.45. The van der Waals surface area contributed by atoms with Crippen molar-refractivity contribution in [3.05, 3.63) is 89.7 Å². The lowest BCUT2D eigenvalue weighted by molar-refractivity contribution is 0.101. The minimum absolute atomic E-state index is 0.0295. The highest BCUT2D eigenvalue weighted by Crippen LogP contribution is 2.23. The van der Waals surface area contributed by atoms with Gasteiger partial charge in [0, 0.05) is 16.3 Å². The minimum atomic E-state index is -0.433. The van der Waals surface area contributed by atoms with Gasteiger partial charge in [0.15, 0.2) is 5.82 Å². The molecule has 0 aliphatic carbocycles. The quantitative estimate of drug-likeness (QED) is 0.536. The standard InChI is InChI=1S/C21H15ClN4O2/c22-15-6-8-16(9-7-15)23-21(28)19-24-20(14-4-2-1-3-5-14)26(25-19)17-10-12-18(27)13-11-17/h1-13,27H,(H,23,28).